The summed E-state index contributed by atoms with van der Waals surface area (Å²) >= 11 is 0. The standard InChI is InChI=1S/C65H129NO8/c1-3-5-7-9-11-13-15-17-19-21-23-25-27-29-30-31-32-34-36-38-40-42-44-46-48-50-52-54-59(68)58(57-73-65-64(72)63(71)62(70)60(56-67)74-65)66-61(69)55-53-51-49-47-45-43-41-39-37-35-33-28-26-24-22-20-18-16-14-12-10-8-6-4-2/h58-60,62-65,67-68,70-72H,3-57H2,1-2H3,(H,66,69). The summed E-state index contributed by atoms with van der Waals surface area (Å²) in [5.41, 5.74) is 0. The van der Waals surface area contributed by atoms with Crippen LogP contribution in [0.5, 0.6) is 0 Å². The van der Waals surface area contributed by atoms with Gasteiger partial charge in [-0.3, -0.25) is 4.79 Å². The van der Waals surface area contributed by atoms with Crippen molar-refractivity contribution < 1.29 is 39.8 Å². The van der Waals surface area contributed by atoms with Crippen LogP contribution in [0.2, 0.25) is 0 Å². The van der Waals surface area contributed by atoms with Gasteiger partial charge in [0.1, 0.15) is 24.4 Å². The number of nitrogens with one attached hydrogen (secondary N) is 1. The fourth-order valence-corrected chi connectivity index (χ4v) is 11.2. The SMILES string of the molecule is CCCCCCCCCCCCCCCCCCCCCCCCCCCCCC(O)C(COC1OC(CO)C(O)C(O)C1O)NC(=O)CCCCCCCCCCCCCCCCCCCCCCCCCC. The molecule has 442 valence electrons. The normalized spacial score (nSPS) is 18.8. The van der Waals surface area contributed by atoms with Crippen molar-refractivity contribution in [2.24, 2.45) is 0 Å². The molecule has 0 aliphatic carbocycles. The lowest BCUT2D eigenvalue weighted by Crippen LogP contribution is -2.60. The average molecular weight is 1050 g/mol. The third kappa shape index (κ3) is 44.1. The third-order valence-electron chi connectivity index (χ3n) is 16.5. The van der Waals surface area contributed by atoms with E-state index in [1.54, 1.807) is 0 Å². The molecule has 1 aliphatic heterocycles. The van der Waals surface area contributed by atoms with Gasteiger partial charge in [0.05, 0.1) is 25.4 Å². The first-order valence-corrected chi connectivity index (χ1v) is 33.2. The molecule has 6 N–H and O–H groups in total. The molecular weight excluding hydrogens is 923 g/mol. The van der Waals surface area contributed by atoms with Crippen LogP contribution in [0.1, 0.15) is 354 Å². The molecule has 9 heteroatoms. The molecule has 0 spiro atoms. The first-order chi connectivity index (χ1) is 36.3. The summed E-state index contributed by atoms with van der Waals surface area (Å²) in [5, 5.41) is 54.9. The van der Waals surface area contributed by atoms with E-state index >= 15 is 0 Å². The monoisotopic (exact) mass is 1050 g/mol. The van der Waals surface area contributed by atoms with Crippen molar-refractivity contribution in [3.8, 4) is 0 Å². The quantitative estimate of drug-likeness (QED) is 0.0330. The maximum atomic E-state index is 13.1. The second-order valence-corrected chi connectivity index (χ2v) is 23.6. The van der Waals surface area contributed by atoms with E-state index in [2.05, 4.69) is 19.2 Å². The van der Waals surface area contributed by atoms with E-state index in [9.17, 15) is 30.3 Å². The van der Waals surface area contributed by atoms with Crippen molar-refractivity contribution >= 4 is 5.91 Å². The van der Waals surface area contributed by atoms with E-state index in [0.717, 1.165) is 38.5 Å². The Bertz CT molecular complexity index is 1130. The number of unbranched alkanes of at least 4 members (excludes halogenated alkanes) is 49. The smallest absolute Gasteiger partial charge is 0.220 e. The lowest BCUT2D eigenvalue weighted by atomic mass is 9.99. The van der Waals surface area contributed by atoms with Gasteiger partial charge in [-0.15, -0.1) is 0 Å². The molecule has 9 nitrogen and oxygen atoms in total. The molecule has 1 fully saturated rings. The lowest BCUT2D eigenvalue weighted by Gasteiger charge is -2.40. The summed E-state index contributed by atoms with van der Waals surface area (Å²) in [7, 11) is 0. The predicted molar refractivity (Wildman–Crippen MR) is 314 cm³/mol. The molecule has 74 heavy (non-hydrogen) atoms. The Morgan fingerprint density at radius 1 is 0.405 bits per heavy atom. The van der Waals surface area contributed by atoms with Crippen LogP contribution in [-0.2, 0) is 14.3 Å². The average Bonchev–Trinajstić information content (AvgIpc) is 3.40. The van der Waals surface area contributed by atoms with Gasteiger partial charge in [0.15, 0.2) is 6.29 Å². The van der Waals surface area contributed by atoms with Crippen molar-refractivity contribution in [3.63, 3.8) is 0 Å². The first-order valence-electron chi connectivity index (χ1n) is 33.2. The molecule has 1 rings (SSSR count). The number of rotatable bonds is 59. The molecule has 7 unspecified atom stereocenters. The molecule has 0 aromatic rings. The van der Waals surface area contributed by atoms with Gasteiger partial charge in [0.2, 0.25) is 5.91 Å². The van der Waals surface area contributed by atoms with Crippen molar-refractivity contribution in [2.45, 2.75) is 397 Å². The summed E-state index contributed by atoms with van der Waals surface area (Å²) in [6.07, 6.45) is 61.6. The molecule has 1 aliphatic rings. The Labute approximate surface area is 459 Å². The molecule has 0 saturated carbocycles. The van der Waals surface area contributed by atoms with E-state index in [1.165, 1.54) is 289 Å². The zero-order valence-electron chi connectivity index (χ0n) is 49.4. The molecule has 1 saturated heterocycles. The third-order valence-corrected chi connectivity index (χ3v) is 16.5. The second-order valence-electron chi connectivity index (χ2n) is 23.6. The molecule has 1 heterocycles. The highest BCUT2D eigenvalue weighted by molar-refractivity contribution is 5.76. The lowest BCUT2D eigenvalue weighted by molar-refractivity contribution is -0.302. The van der Waals surface area contributed by atoms with Crippen molar-refractivity contribution in [1.82, 2.24) is 5.32 Å². The highest BCUT2D eigenvalue weighted by Crippen LogP contribution is 2.24. The van der Waals surface area contributed by atoms with Gasteiger partial charge in [0, 0.05) is 6.42 Å². The molecule has 0 aromatic heterocycles. The summed E-state index contributed by atoms with van der Waals surface area (Å²) in [6.45, 7) is 3.91. The van der Waals surface area contributed by atoms with E-state index < -0.39 is 49.5 Å². The Morgan fingerprint density at radius 2 is 0.676 bits per heavy atom. The highest BCUT2D eigenvalue weighted by Gasteiger charge is 2.44. The Morgan fingerprint density at radius 3 is 0.959 bits per heavy atom. The van der Waals surface area contributed by atoms with E-state index in [0.29, 0.717) is 12.8 Å². The van der Waals surface area contributed by atoms with Crippen LogP contribution in [0.4, 0.5) is 0 Å². The second kappa shape index (κ2) is 55.5. The Balaban J connectivity index is 2.12. The molecule has 1 amide bonds. The van der Waals surface area contributed by atoms with Crippen LogP contribution in [0, 0.1) is 0 Å². The fourth-order valence-electron chi connectivity index (χ4n) is 11.2. The van der Waals surface area contributed by atoms with Gasteiger partial charge < -0.3 is 40.3 Å². The zero-order valence-corrected chi connectivity index (χ0v) is 49.4. The summed E-state index contributed by atoms with van der Waals surface area (Å²) in [6, 6.07) is -0.715. The number of carbonyl (C=O) groups excluding carboxylic acids is 1. The van der Waals surface area contributed by atoms with Crippen LogP contribution >= 0.6 is 0 Å². The van der Waals surface area contributed by atoms with Crippen LogP contribution in [0.15, 0.2) is 0 Å². The first kappa shape index (κ1) is 71.2. The van der Waals surface area contributed by atoms with E-state index in [1.807, 2.05) is 0 Å². The van der Waals surface area contributed by atoms with Crippen LogP contribution in [-0.4, -0.2) is 87.5 Å². The number of aliphatic hydroxyl groups excluding tert-OH is 5. The summed E-state index contributed by atoms with van der Waals surface area (Å²) in [5.74, 6) is -0.134. The van der Waals surface area contributed by atoms with Gasteiger partial charge in [-0.1, -0.05) is 335 Å². The molecular formula is C65H129NO8. The number of amides is 1. The molecule has 0 bridgehead atoms. The number of ether oxygens (including phenoxy) is 2. The Hall–Kier alpha value is -0.810. The van der Waals surface area contributed by atoms with E-state index in [-0.39, 0.29) is 12.5 Å². The van der Waals surface area contributed by atoms with Crippen molar-refractivity contribution in [2.75, 3.05) is 13.2 Å². The minimum Gasteiger partial charge on any atom is -0.394 e. The zero-order chi connectivity index (χ0) is 53.6. The van der Waals surface area contributed by atoms with Crippen LogP contribution in [0.3, 0.4) is 0 Å². The Kier molecular flexibility index (Phi) is 53.4. The molecule has 0 radical (unpaired) electrons. The maximum absolute atomic E-state index is 13.1. The predicted octanol–water partition coefficient (Wildman–Crippen LogP) is 17.4. The van der Waals surface area contributed by atoms with Gasteiger partial charge >= 0.3 is 0 Å². The van der Waals surface area contributed by atoms with Gasteiger partial charge in [-0.2, -0.15) is 0 Å². The van der Waals surface area contributed by atoms with Crippen LogP contribution < -0.4 is 5.32 Å². The van der Waals surface area contributed by atoms with Gasteiger partial charge in [-0.25, -0.2) is 0 Å². The number of aliphatic hydroxyl groups is 5. The number of carbonyl (C=O) groups is 1. The molecule has 0 aromatic carbocycles. The fraction of sp³-hybridized carbons (Fsp3) is 0.985. The van der Waals surface area contributed by atoms with Gasteiger partial charge in [-0.05, 0) is 12.8 Å². The number of hydrogen-bond donors (Lipinski definition) is 6. The summed E-state index contributed by atoms with van der Waals surface area (Å²) < 4.78 is 11.4. The van der Waals surface area contributed by atoms with Gasteiger partial charge in [0.25, 0.3) is 0 Å². The van der Waals surface area contributed by atoms with E-state index in [4.69, 9.17) is 9.47 Å². The minimum absolute atomic E-state index is 0.130. The topological polar surface area (TPSA) is 149 Å². The largest absolute Gasteiger partial charge is 0.394 e. The summed E-state index contributed by atoms with van der Waals surface area (Å²) in [4.78, 5) is 13.1. The minimum atomic E-state index is -1.55. The van der Waals surface area contributed by atoms with Crippen molar-refractivity contribution in [1.29, 1.82) is 0 Å². The number of hydrogen-bond acceptors (Lipinski definition) is 8. The highest BCUT2D eigenvalue weighted by atomic mass is 16.7. The maximum Gasteiger partial charge on any atom is 0.220 e. The molecule has 7 atom stereocenters. The van der Waals surface area contributed by atoms with Crippen LogP contribution in [0.25, 0.3) is 0 Å². The van der Waals surface area contributed by atoms with Crippen molar-refractivity contribution in [3.05, 3.63) is 0 Å².